The van der Waals surface area contributed by atoms with Crippen LogP contribution >= 0.6 is 11.3 Å². The maximum atomic E-state index is 12.5. The third-order valence-corrected chi connectivity index (χ3v) is 7.09. The fourth-order valence-electron chi connectivity index (χ4n) is 4.30. The highest BCUT2D eigenvalue weighted by atomic mass is 32.1. The second-order valence-electron chi connectivity index (χ2n) is 9.25. The Balaban J connectivity index is 1.17. The van der Waals surface area contributed by atoms with E-state index in [1.807, 2.05) is 36.6 Å². The average Bonchev–Trinajstić information content (AvgIpc) is 3.38. The quantitative estimate of drug-likeness (QED) is 0.309. The molecule has 1 aliphatic rings. The van der Waals surface area contributed by atoms with E-state index < -0.39 is 0 Å². The van der Waals surface area contributed by atoms with E-state index in [4.69, 9.17) is 10.5 Å². The highest BCUT2D eigenvalue weighted by molar-refractivity contribution is 7.12. The fraction of sp³-hybridized carbons (Fsp3) is 0.333. The van der Waals surface area contributed by atoms with Gasteiger partial charge in [-0.3, -0.25) is 4.90 Å². The van der Waals surface area contributed by atoms with Gasteiger partial charge in [0.1, 0.15) is 34.6 Å². The minimum atomic E-state index is -0.304. The van der Waals surface area contributed by atoms with Gasteiger partial charge in [0, 0.05) is 43.6 Å². The molecule has 4 aromatic heterocycles. The number of aromatic nitrogens is 5. The zero-order valence-electron chi connectivity index (χ0n) is 21.2. The van der Waals surface area contributed by atoms with Gasteiger partial charge in [0.2, 0.25) is 0 Å². The predicted molar refractivity (Wildman–Crippen MR) is 146 cm³/mol. The maximum Gasteiger partial charge on any atom is 0.348 e. The Morgan fingerprint density at radius 3 is 2.84 bits per heavy atom. The lowest BCUT2D eigenvalue weighted by atomic mass is 10.1. The van der Waals surface area contributed by atoms with Crippen molar-refractivity contribution in [1.29, 1.82) is 0 Å². The SMILES string of the molecule is Cc1cccc(-c2nccc(Nc3ccnc(Cc4csc(C(=O)OCCN5CCC[C@@H](N)C5)c4)n3)n2)n1. The number of carbonyl (C=O) groups is 1. The third-order valence-electron chi connectivity index (χ3n) is 6.13. The first-order valence-corrected chi connectivity index (χ1v) is 13.5. The van der Waals surface area contributed by atoms with Crippen LogP contribution in [0.2, 0.25) is 0 Å². The number of aryl methyl sites for hydroxylation is 1. The van der Waals surface area contributed by atoms with Crippen molar-refractivity contribution >= 4 is 28.9 Å². The minimum absolute atomic E-state index is 0.213. The first kappa shape index (κ1) is 25.8. The van der Waals surface area contributed by atoms with E-state index in [9.17, 15) is 4.79 Å². The highest BCUT2D eigenvalue weighted by Gasteiger charge is 2.17. The van der Waals surface area contributed by atoms with Crippen molar-refractivity contribution in [1.82, 2.24) is 29.8 Å². The Morgan fingerprint density at radius 2 is 2.00 bits per heavy atom. The van der Waals surface area contributed by atoms with E-state index in [-0.39, 0.29) is 12.0 Å². The zero-order chi connectivity index (χ0) is 26.3. The second-order valence-corrected chi connectivity index (χ2v) is 10.2. The van der Waals surface area contributed by atoms with Crippen molar-refractivity contribution in [3.05, 3.63) is 76.1 Å². The molecule has 1 atom stereocenters. The number of nitrogens with one attached hydrogen (secondary N) is 1. The van der Waals surface area contributed by atoms with Gasteiger partial charge in [-0.2, -0.15) is 0 Å². The van der Waals surface area contributed by atoms with Crippen LogP contribution in [0.5, 0.6) is 0 Å². The topological polar surface area (TPSA) is 132 Å². The number of piperidine rings is 1. The number of rotatable bonds is 9. The summed E-state index contributed by atoms with van der Waals surface area (Å²) in [4.78, 5) is 37.7. The molecule has 0 spiro atoms. The normalized spacial score (nSPS) is 15.8. The average molecular weight is 531 g/mol. The molecule has 0 amide bonds. The Kier molecular flexibility index (Phi) is 8.27. The molecule has 0 saturated carbocycles. The maximum absolute atomic E-state index is 12.5. The molecule has 0 bridgehead atoms. The molecule has 11 heteroatoms. The molecular formula is C27H30N8O2S. The molecule has 38 heavy (non-hydrogen) atoms. The summed E-state index contributed by atoms with van der Waals surface area (Å²) in [5.74, 6) is 2.08. The van der Waals surface area contributed by atoms with Crippen LogP contribution in [-0.4, -0.2) is 68.1 Å². The number of hydrogen-bond donors (Lipinski definition) is 2. The lowest BCUT2D eigenvalue weighted by Gasteiger charge is -2.30. The Morgan fingerprint density at radius 1 is 1.16 bits per heavy atom. The highest BCUT2D eigenvalue weighted by Crippen LogP contribution is 2.20. The van der Waals surface area contributed by atoms with Crippen molar-refractivity contribution < 1.29 is 9.53 Å². The van der Waals surface area contributed by atoms with E-state index in [0.717, 1.165) is 37.2 Å². The minimum Gasteiger partial charge on any atom is -0.460 e. The van der Waals surface area contributed by atoms with Crippen LogP contribution in [0.3, 0.4) is 0 Å². The largest absolute Gasteiger partial charge is 0.460 e. The lowest BCUT2D eigenvalue weighted by Crippen LogP contribution is -2.44. The standard InChI is InChI=1S/C27H30N8O2S/c1-18-4-2-6-21(31-18)26-30-10-8-24(34-26)32-23-7-9-29-25(33-23)15-19-14-22(38-17-19)27(36)37-13-12-35-11-3-5-20(28)16-35/h2,4,6-10,14,17,20H,3,5,11-13,15-16,28H2,1H3,(H,29,30,32,33,34)/t20-/m1/s1. The molecule has 4 aromatic rings. The number of hydrogen-bond acceptors (Lipinski definition) is 11. The molecule has 5 heterocycles. The molecule has 0 unspecified atom stereocenters. The molecule has 0 aliphatic carbocycles. The van der Waals surface area contributed by atoms with Crippen LogP contribution in [-0.2, 0) is 11.2 Å². The number of nitrogens with two attached hydrogens (primary N) is 1. The summed E-state index contributed by atoms with van der Waals surface area (Å²) in [6, 6.07) is 11.4. The van der Waals surface area contributed by atoms with Gasteiger partial charge in [-0.05, 0) is 67.6 Å². The number of anilines is 2. The summed E-state index contributed by atoms with van der Waals surface area (Å²) in [6.07, 6.45) is 6.03. The summed E-state index contributed by atoms with van der Waals surface area (Å²) in [7, 11) is 0. The Labute approximate surface area is 225 Å². The Hall–Kier alpha value is -3.80. The van der Waals surface area contributed by atoms with Gasteiger partial charge < -0.3 is 15.8 Å². The fourth-order valence-corrected chi connectivity index (χ4v) is 5.10. The summed E-state index contributed by atoms with van der Waals surface area (Å²) in [5, 5.41) is 5.16. The molecule has 10 nitrogen and oxygen atoms in total. The lowest BCUT2D eigenvalue weighted by molar-refractivity contribution is 0.0453. The monoisotopic (exact) mass is 530 g/mol. The molecule has 1 aliphatic heterocycles. The van der Waals surface area contributed by atoms with Gasteiger partial charge in [0.05, 0.1) is 0 Å². The molecule has 3 N–H and O–H groups in total. The van der Waals surface area contributed by atoms with Gasteiger partial charge in [0.15, 0.2) is 5.82 Å². The number of esters is 1. The van der Waals surface area contributed by atoms with Gasteiger partial charge in [-0.1, -0.05) is 6.07 Å². The van der Waals surface area contributed by atoms with Gasteiger partial charge in [-0.15, -0.1) is 11.3 Å². The molecular weight excluding hydrogens is 500 g/mol. The van der Waals surface area contributed by atoms with Crippen molar-refractivity contribution in [3.63, 3.8) is 0 Å². The number of pyridine rings is 1. The smallest absolute Gasteiger partial charge is 0.348 e. The number of thiophene rings is 1. The molecule has 1 saturated heterocycles. The summed E-state index contributed by atoms with van der Waals surface area (Å²) >= 11 is 1.37. The summed E-state index contributed by atoms with van der Waals surface area (Å²) in [5.41, 5.74) is 8.59. The van der Waals surface area contributed by atoms with Crippen LogP contribution in [0.25, 0.3) is 11.5 Å². The van der Waals surface area contributed by atoms with Crippen LogP contribution in [0, 0.1) is 6.92 Å². The number of carbonyl (C=O) groups excluding carboxylic acids is 1. The van der Waals surface area contributed by atoms with Gasteiger partial charge >= 0.3 is 5.97 Å². The van der Waals surface area contributed by atoms with Crippen molar-refractivity contribution in [2.45, 2.75) is 32.2 Å². The van der Waals surface area contributed by atoms with Crippen LogP contribution < -0.4 is 11.1 Å². The Bertz CT molecular complexity index is 1390. The predicted octanol–water partition coefficient (Wildman–Crippen LogP) is 3.61. The van der Waals surface area contributed by atoms with Crippen LogP contribution in [0.4, 0.5) is 11.6 Å². The van der Waals surface area contributed by atoms with Crippen molar-refractivity contribution in [2.75, 3.05) is 31.6 Å². The summed E-state index contributed by atoms with van der Waals surface area (Å²) < 4.78 is 5.49. The van der Waals surface area contributed by atoms with Crippen molar-refractivity contribution in [3.8, 4) is 11.5 Å². The molecule has 196 valence electrons. The first-order chi connectivity index (χ1) is 18.5. The van der Waals surface area contributed by atoms with E-state index in [1.54, 1.807) is 24.5 Å². The van der Waals surface area contributed by atoms with Gasteiger partial charge in [0.25, 0.3) is 0 Å². The zero-order valence-corrected chi connectivity index (χ0v) is 22.0. The van der Waals surface area contributed by atoms with Crippen molar-refractivity contribution in [2.24, 2.45) is 5.73 Å². The van der Waals surface area contributed by atoms with E-state index in [1.165, 1.54) is 11.3 Å². The van der Waals surface area contributed by atoms with E-state index in [0.29, 0.717) is 53.4 Å². The molecule has 0 radical (unpaired) electrons. The molecule has 0 aromatic carbocycles. The second kappa shape index (κ2) is 12.2. The molecule has 5 rings (SSSR count). The van der Waals surface area contributed by atoms with E-state index in [2.05, 4.69) is 35.1 Å². The number of nitrogens with zero attached hydrogens (tertiary/aromatic N) is 6. The van der Waals surface area contributed by atoms with Gasteiger partial charge in [-0.25, -0.2) is 29.7 Å². The van der Waals surface area contributed by atoms with E-state index >= 15 is 0 Å². The number of ether oxygens (including phenoxy) is 1. The molecule has 1 fully saturated rings. The third kappa shape index (κ3) is 6.94. The number of likely N-dealkylation sites (tertiary alicyclic amines) is 1. The summed E-state index contributed by atoms with van der Waals surface area (Å²) in [6.45, 7) is 4.86. The first-order valence-electron chi connectivity index (χ1n) is 12.6. The van der Waals surface area contributed by atoms with Crippen LogP contribution in [0.15, 0.2) is 54.2 Å². The van der Waals surface area contributed by atoms with Crippen LogP contribution in [0.1, 0.15) is 39.6 Å².